The van der Waals surface area contributed by atoms with Gasteiger partial charge in [0.2, 0.25) is 0 Å². The summed E-state index contributed by atoms with van der Waals surface area (Å²) < 4.78 is 5.89. The first-order chi connectivity index (χ1) is 16.5. The molecule has 0 N–H and O–H groups in total. The Morgan fingerprint density at radius 1 is 0.686 bits per heavy atom. The van der Waals surface area contributed by atoms with Gasteiger partial charge in [-0.1, -0.05) is 70.2 Å². The van der Waals surface area contributed by atoms with Crippen LogP contribution in [0.15, 0.2) is 54.6 Å². The molecule has 4 rings (SSSR count). The molecule has 2 aromatic carbocycles. The Balaban J connectivity index is 1.65. The lowest BCUT2D eigenvalue weighted by Crippen LogP contribution is -2.48. The molecule has 0 unspecified atom stereocenters. The number of benzene rings is 2. The first kappa shape index (κ1) is 25.0. The van der Waals surface area contributed by atoms with Crippen molar-refractivity contribution >= 4 is 23.1 Å². The lowest BCUT2D eigenvalue weighted by molar-refractivity contribution is -0.145. The van der Waals surface area contributed by atoms with Crippen LogP contribution in [0.4, 0.5) is 0 Å². The van der Waals surface area contributed by atoms with Gasteiger partial charge >= 0.3 is 0 Å². The third kappa shape index (κ3) is 5.61. The minimum Gasteiger partial charge on any atom is -0.489 e. The second-order valence-corrected chi connectivity index (χ2v) is 11.7. The molecule has 0 aliphatic heterocycles. The highest BCUT2D eigenvalue weighted by Gasteiger charge is 2.52. The zero-order chi connectivity index (χ0) is 25.4. The van der Waals surface area contributed by atoms with E-state index in [1.807, 2.05) is 58.0 Å². The molecular formula is C30H34O5. The Morgan fingerprint density at radius 2 is 1.11 bits per heavy atom. The van der Waals surface area contributed by atoms with Gasteiger partial charge in [-0.25, -0.2) is 0 Å². The highest BCUT2D eigenvalue weighted by atomic mass is 16.5. The summed E-state index contributed by atoms with van der Waals surface area (Å²) in [5.41, 5.74) is 0.881. The van der Waals surface area contributed by atoms with Gasteiger partial charge in [-0.2, -0.15) is 0 Å². The summed E-state index contributed by atoms with van der Waals surface area (Å²) in [6, 6.07) is 17.0. The fraction of sp³-hybridized carbons (Fsp3) is 0.467. The standard InChI is InChI=1S/C30H34O5/c1-29(2)14-22(31)27(23(32)15-29)26(28-24(33)16-30(3,4)17-25(28)34)20-10-12-21(13-11-20)35-18-19-8-6-5-7-9-19/h5-13,26-28H,14-18H2,1-4H3. The minimum atomic E-state index is -0.974. The predicted octanol–water partition coefficient (Wildman–Crippen LogP) is 5.50. The molecule has 2 aliphatic rings. The van der Waals surface area contributed by atoms with Crippen LogP contribution < -0.4 is 4.74 Å². The molecule has 0 atom stereocenters. The molecule has 0 spiro atoms. The van der Waals surface area contributed by atoms with E-state index in [9.17, 15) is 19.2 Å². The van der Waals surface area contributed by atoms with Gasteiger partial charge in [0.15, 0.2) is 0 Å². The highest BCUT2D eigenvalue weighted by molar-refractivity contribution is 6.11. The molecule has 5 heteroatoms. The maximum Gasteiger partial charge on any atom is 0.144 e. The smallest absolute Gasteiger partial charge is 0.144 e. The van der Waals surface area contributed by atoms with Crippen LogP contribution in [0.25, 0.3) is 0 Å². The third-order valence-electron chi connectivity index (χ3n) is 7.23. The minimum absolute atomic E-state index is 0.175. The highest BCUT2D eigenvalue weighted by Crippen LogP contribution is 2.47. The Hall–Kier alpha value is -3.08. The second kappa shape index (κ2) is 9.52. The summed E-state index contributed by atoms with van der Waals surface area (Å²) in [6.45, 7) is 8.05. The summed E-state index contributed by atoms with van der Waals surface area (Å²) in [5.74, 6) is -2.78. The maximum absolute atomic E-state index is 13.3. The zero-order valence-electron chi connectivity index (χ0n) is 21.0. The molecule has 2 aliphatic carbocycles. The van der Waals surface area contributed by atoms with Crippen molar-refractivity contribution in [3.63, 3.8) is 0 Å². The lowest BCUT2D eigenvalue weighted by atomic mass is 9.59. The van der Waals surface area contributed by atoms with Gasteiger partial charge in [-0.3, -0.25) is 19.2 Å². The topological polar surface area (TPSA) is 77.5 Å². The summed E-state index contributed by atoms with van der Waals surface area (Å²) in [7, 11) is 0. The molecule has 0 aromatic heterocycles. The molecule has 0 radical (unpaired) electrons. The van der Waals surface area contributed by atoms with Crippen molar-refractivity contribution in [2.45, 2.75) is 65.9 Å². The van der Waals surface area contributed by atoms with Crippen LogP contribution in [0, 0.1) is 22.7 Å². The van der Waals surface area contributed by atoms with Crippen molar-refractivity contribution in [1.29, 1.82) is 0 Å². The molecule has 2 fully saturated rings. The van der Waals surface area contributed by atoms with E-state index in [-0.39, 0.29) is 48.8 Å². The van der Waals surface area contributed by atoms with E-state index in [0.717, 1.165) is 5.56 Å². The van der Waals surface area contributed by atoms with Crippen LogP contribution in [0.5, 0.6) is 5.75 Å². The number of hydrogen-bond acceptors (Lipinski definition) is 5. The van der Waals surface area contributed by atoms with Crippen LogP contribution in [0.3, 0.4) is 0 Å². The van der Waals surface area contributed by atoms with E-state index in [1.165, 1.54) is 0 Å². The average molecular weight is 475 g/mol. The first-order valence-electron chi connectivity index (χ1n) is 12.3. The van der Waals surface area contributed by atoms with E-state index < -0.39 is 28.6 Å². The van der Waals surface area contributed by atoms with Gasteiger partial charge in [0, 0.05) is 31.6 Å². The number of hydrogen-bond donors (Lipinski definition) is 0. The number of ketones is 4. The zero-order valence-corrected chi connectivity index (χ0v) is 21.0. The van der Waals surface area contributed by atoms with Crippen LogP contribution in [0.2, 0.25) is 0 Å². The monoisotopic (exact) mass is 474 g/mol. The van der Waals surface area contributed by atoms with Gasteiger partial charge in [0.05, 0.1) is 11.8 Å². The quantitative estimate of drug-likeness (QED) is 0.517. The molecule has 2 aromatic rings. The first-order valence-corrected chi connectivity index (χ1v) is 12.3. The Bertz CT molecular complexity index is 1040. The van der Waals surface area contributed by atoms with Gasteiger partial charge < -0.3 is 4.74 Å². The van der Waals surface area contributed by atoms with Crippen molar-refractivity contribution in [3.8, 4) is 5.75 Å². The number of ether oxygens (including phenoxy) is 1. The van der Waals surface area contributed by atoms with Crippen molar-refractivity contribution in [3.05, 3.63) is 65.7 Å². The van der Waals surface area contributed by atoms with Crippen molar-refractivity contribution < 1.29 is 23.9 Å². The normalized spacial score (nSPS) is 20.9. The van der Waals surface area contributed by atoms with Gasteiger partial charge in [0.1, 0.15) is 35.5 Å². The molecule has 0 bridgehead atoms. The lowest BCUT2D eigenvalue weighted by Gasteiger charge is -2.41. The number of Topliss-reactive ketones (excluding diaryl/α,β-unsaturated/α-hetero) is 4. The Morgan fingerprint density at radius 3 is 1.54 bits per heavy atom. The second-order valence-electron chi connectivity index (χ2n) is 11.7. The molecule has 184 valence electrons. The van der Waals surface area contributed by atoms with E-state index in [4.69, 9.17) is 4.74 Å². The number of carbonyl (C=O) groups excluding carboxylic acids is 4. The van der Waals surface area contributed by atoms with Gasteiger partial charge in [0.25, 0.3) is 0 Å². The fourth-order valence-electron chi connectivity index (χ4n) is 5.72. The fourth-order valence-corrected chi connectivity index (χ4v) is 5.72. The van der Waals surface area contributed by atoms with Crippen LogP contribution in [-0.4, -0.2) is 23.1 Å². The van der Waals surface area contributed by atoms with E-state index in [2.05, 4.69) is 0 Å². The summed E-state index contributed by atoms with van der Waals surface area (Å²) in [6.07, 6.45) is 1.05. The Kier molecular flexibility index (Phi) is 6.81. The molecule has 2 saturated carbocycles. The number of rotatable bonds is 6. The van der Waals surface area contributed by atoms with Crippen molar-refractivity contribution in [2.75, 3.05) is 0 Å². The van der Waals surface area contributed by atoms with Crippen LogP contribution in [0.1, 0.15) is 70.4 Å². The SMILES string of the molecule is CC1(C)CC(=O)C(C(c2ccc(OCc3ccccc3)cc2)C2C(=O)CC(C)(C)CC2=O)C(=O)C1. The molecule has 0 saturated heterocycles. The van der Waals surface area contributed by atoms with E-state index >= 15 is 0 Å². The third-order valence-corrected chi connectivity index (χ3v) is 7.23. The predicted molar refractivity (Wildman–Crippen MR) is 133 cm³/mol. The van der Waals surface area contributed by atoms with E-state index in [0.29, 0.717) is 17.9 Å². The Labute approximate surface area is 207 Å². The molecule has 5 nitrogen and oxygen atoms in total. The average Bonchev–Trinajstić information content (AvgIpc) is 2.75. The van der Waals surface area contributed by atoms with E-state index in [1.54, 1.807) is 24.3 Å². The molecule has 0 heterocycles. The summed E-state index contributed by atoms with van der Waals surface area (Å²) >= 11 is 0. The van der Waals surface area contributed by atoms with Crippen LogP contribution >= 0.6 is 0 Å². The molecular weight excluding hydrogens is 440 g/mol. The van der Waals surface area contributed by atoms with Gasteiger partial charge in [-0.05, 0) is 34.1 Å². The number of carbonyl (C=O) groups is 4. The van der Waals surface area contributed by atoms with Gasteiger partial charge in [-0.15, -0.1) is 0 Å². The summed E-state index contributed by atoms with van der Waals surface area (Å²) in [4.78, 5) is 53.1. The molecule has 35 heavy (non-hydrogen) atoms. The van der Waals surface area contributed by atoms with Crippen molar-refractivity contribution in [1.82, 2.24) is 0 Å². The molecule has 0 amide bonds. The van der Waals surface area contributed by atoms with Crippen LogP contribution in [-0.2, 0) is 25.8 Å². The maximum atomic E-state index is 13.3. The van der Waals surface area contributed by atoms with Crippen molar-refractivity contribution in [2.24, 2.45) is 22.7 Å². The largest absolute Gasteiger partial charge is 0.489 e. The summed E-state index contributed by atoms with van der Waals surface area (Å²) in [5, 5.41) is 0.